The fraction of sp³-hybridized carbons (Fsp3) is 0.133. The van der Waals surface area contributed by atoms with Crippen LogP contribution in [0.3, 0.4) is 0 Å². The Morgan fingerprint density at radius 2 is 2.00 bits per heavy atom. The van der Waals surface area contributed by atoms with E-state index in [0.717, 1.165) is 16.9 Å². The summed E-state index contributed by atoms with van der Waals surface area (Å²) in [6, 6.07) is 11.4. The normalized spacial score (nSPS) is 10.8. The van der Waals surface area contributed by atoms with E-state index in [2.05, 4.69) is 10.1 Å². The van der Waals surface area contributed by atoms with Crippen molar-refractivity contribution in [3.05, 3.63) is 53.9 Å². The van der Waals surface area contributed by atoms with Crippen molar-refractivity contribution in [3.63, 3.8) is 0 Å². The minimum Gasteiger partial charge on any atom is -0.294 e. The van der Waals surface area contributed by atoms with Crippen LogP contribution in [0.25, 0.3) is 16.9 Å². The maximum Gasteiger partial charge on any atom is 0.164 e. The Bertz CT molecular complexity index is 774. The third-order valence-corrected chi connectivity index (χ3v) is 3.02. The molecule has 4 nitrogen and oxygen atoms in total. The van der Waals surface area contributed by atoms with Crippen molar-refractivity contribution in [3.8, 4) is 11.4 Å². The maximum atomic E-state index is 11.9. The lowest BCUT2D eigenvalue weighted by Crippen LogP contribution is -1.96. The molecule has 0 amide bonds. The summed E-state index contributed by atoms with van der Waals surface area (Å²) >= 11 is 0. The number of fused-ring (bicyclic) bond motifs is 1. The molecule has 0 atom stereocenters. The van der Waals surface area contributed by atoms with Crippen LogP contribution in [0.5, 0.6) is 0 Å². The van der Waals surface area contributed by atoms with Crippen molar-refractivity contribution < 1.29 is 4.79 Å². The van der Waals surface area contributed by atoms with Gasteiger partial charge in [-0.3, -0.25) is 9.78 Å². The molecule has 0 unspecified atom stereocenters. The van der Waals surface area contributed by atoms with Crippen molar-refractivity contribution >= 4 is 11.3 Å². The van der Waals surface area contributed by atoms with Crippen LogP contribution in [0.2, 0.25) is 0 Å². The van der Waals surface area contributed by atoms with Gasteiger partial charge in [-0.2, -0.15) is 5.10 Å². The number of aryl methyl sites for hydroxylation is 1. The maximum absolute atomic E-state index is 11.9. The van der Waals surface area contributed by atoms with Crippen LogP contribution >= 0.6 is 0 Å². The zero-order valence-corrected chi connectivity index (χ0v) is 10.8. The van der Waals surface area contributed by atoms with E-state index in [1.165, 1.54) is 0 Å². The first-order chi connectivity index (χ1) is 9.16. The molecule has 0 aliphatic heterocycles. The second-order valence-corrected chi connectivity index (χ2v) is 4.47. The van der Waals surface area contributed by atoms with Crippen molar-refractivity contribution in [2.45, 2.75) is 13.8 Å². The molecule has 3 rings (SSSR count). The Morgan fingerprint density at radius 3 is 2.74 bits per heavy atom. The smallest absolute Gasteiger partial charge is 0.164 e. The average molecular weight is 251 g/mol. The monoisotopic (exact) mass is 251 g/mol. The van der Waals surface area contributed by atoms with Gasteiger partial charge in [0.25, 0.3) is 0 Å². The van der Waals surface area contributed by atoms with Gasteiger partial charge in [-0.15, -0.1) is 0 Å². The molecule has 3 aromatic rings. The third kappa shape index (κ3) is 1.91. The lowest BCUT2D eigenvalue weighted by molar-refractivity contribution is 0.102. The molecule has 0 saturated heterocycles. The number of ketones is 1. The quantitative estimate of drug-likeness (QED) is 0.658. The highest BCUT2D eigenvalue weighted by Gasteiger charge is 2.18. The van der Waals surface area contributed by atoms with Crippen molar-refractivity contribution in [1.29, 1.82) is 0 Å². The number of nitrogens with zero attached hydrogens (tertiary/aromatic N) is 3. The molecule has 4 heteroatoms. The average Bonchev–Trinajstić information content (AvgIpc) is 2.78. The number of rotatable bonds is 2. The zero-order chi connectivity index (χ0) is 13.4. The van der Waals surface area contributed by atoms with Gasteiger partial charge >= 0.3 is 0 Å². The second kappa shape index (κ2) is 4.31. The predicted molar refractivity (Wildman–Crippen MR) is 73.2 cm³/mol. The molecule has 0 radical (unpaired) electrons. The first-order valence-electron chi connectivity index (χ1n) is 6.09. The van der Waals surface area contributed by atoms with E-state index < -0.39 is 0 Å². The predicted octanol–water partition coefficient (Wildman–Crippen LogP) is 2.91. The van der Waals surface area contributed by atoms with E-state index in [-0.39, 0.29) is 5.78 Å². The molecule has 0 aromatic carbocycles. The minimum atomic E-state index is -0.000457. The summed E-state index contributed by atoms with van der Waals surface area (Å²) < 4.78 is 1.72. The molecule has 0 aliphatic rings. The molecular formula is C15H13N3O. The number of carbonyl (C=O) groups is 1. The van der Waals surface area contributed by atoms with E-state index >= 15 is 0 Å². The molecule has 0 spiro atoms. The van der Waals surface area contributed by atoms with Gasteiger partial charge in [0.05, 0.1) is 16.8 Å². The van der Waals surface area contributed by atoms with Gasteiger partial charge in [0.2, 0.25) is 0 Å². The standard InChI is InChI=1S/C15H13N3O/c1-10-6-5-7-12(16-10)15-14(11(2)19)13-8-3-4-9-18(13)17-15/h3-9H,1-2H3. The van der Waals surface area contributed by atoms with Gasteiger partial charge in [0.15, 0.2) is 5.78 Å². The first kappa shape index (κ1) is 11.6. The molecular weight excluding hydrogens is 238 g/mol. The van der Waals surface area contributed by atoms with Gasteiger partial charge in [-0.25, -0.2) is 4.52 Å². The highest BCUT2D eigenvalue weighted by molar-refractivity contribution is 6.06. The van der Waals surface area contributed by atoms with Crippen LogP contribution in [-0.4, -0.2) is 20.4 Å². The molecule has 0 fully saturated rings. The van der Waals surface area contributed by atoms with Crippen molar-refractivity contribution in [1.82, 2.24) is 14.6 Å². The zero-order valence-electron chi connectivity index (χ0n) is 10.8. The second-order valence-electron chi connectivity index (χ2n) is 4.47. The Kier molecular flexibility index (Phi) is 2.63. The lowest BCUT2D eigenvalue weighted by atomic mass is 10.1. The Labute approximate surface area is 110 Å². The van der Waals surface area contributed by atoms with Crippen molar-refractivity contribution in [2.24, 2.45) is 0 Å². The van der Waals surface area contributed by atoms with Gasteiger partial charge < -0.3 is 0 Å². The summed E-state index contributed by atoms with van der Waals surface area (Å²) in [4.78, 5) is 16.4. The van der Waals surface area contributed by atoms with E-state index in [4.69, 9.17) is 0 Å². The van der Waals surface area contributed by atoms with E-state index in [1.54, 1.807) is 11.4 Å². The van der Waals surface area contributed by atoms with Crippen LogP contribution in [0.1, 0.15) is 23.0 Å². The highest BCUT2D eigenvalue weighted by Crippen LogP contribution is 2.25. The fourth-order valence-electron chi connectivity index (χ4n) is 2.20. The summed E-state index contributed by atoms with van der Waals surface area (Å²) in [5.74, 6) is -0.000457. The van der Waals surface area contributed by atoms with Crippen LogP contribution in [0.15, 0.2) is 42.6 Å². The molecule has 19 heavy (non-hydrogen) atoms. The van der Waals surface area contributed by atoms with Gasteiger partial charge in [0.1, 0.15) is 5.69 Å². The summed E-state index contributed by atoms with van der Waals surface area (Å²) in [7, 11) is 0. The largest absolute Gasteiger partial charge is 0.294 e. The molecule has 3 heterocycles. The summed E-state index contributed by atoms with van der Waals surface area (Å²) in [5, 5.41) is 4.48. The topological polar surface area (TPSA) is 47.3 Å². The number of pyridine rings is 2. The summed E-state index contributed by atoms with van der Waals surface area (Å²) in [6.45, 7) is 3.48. The highest BCUT2D eigenvalue weighted by atomic mass is 16.1. The SMILES string of the molecule is CC(=O)c1c(-c2cccc(C)n2)nn2ccccc12. The van der Waals surface area contributed by atoms with Gasteiger partial charge in [-0.1, -0.05) is 12.1 Å². The number of carbonyl (C=O) groups excluding carboxylic acids is 1. The van der Waals surface area contributed by atoms with Crippen molar-refractivity contribution in [2.75, 3.05) is 0 Å². The van der Waals surface area contributed by atoms with Crippen LogP contribution in [-0.2, 0) is 0 Å². The molecule has 0 N–H and O–H groups in total. The molecule has 0 saturated carbocycles. The Balaban J connectivity index is 2.34. The number of Topliss-reactive ketones (excluding diaryl/α,β-unsaturated/α-hetero) is 1. The minimum absolute atomic E-state index is 0.000457. The summed E-state index contributed by atoms with van der Waals surface area (Å²) in [6.07, 6.45) is 1.83. The Morgan fingerprint density at radius 1 is 1.16 bits per heavy atom. The van der Waals surface area contributed by atoms with Crippen LogP contribution in [0.4, 0.5) is 0 Å². The van der Waals surface area contributed by atoms with Gasteiger partial charge in [-0.05, 0) is 38.1 Å². The lowest BCUT2D eigenvalue weighted by Gasteiger charge is -2.00. The number of aromatic nitrogens is 3. The molecule has 0 bridgehead atoms. The Hall–Kier alpha value is -2.49. The fourth-order valence-corrected chi connectivity index (χ4v) is 2.20. The molecule has 94 valence electrons. The van der Waals surface area contributed by atoms with E-state index in [0.29, 0.717) is 11.3 Å². The van der Waals surface area contributed by atoms with Gasteiger partial charge in [0, 0.05) is 11.9 Å². The number of hydrogen-bond donors (Lipinski definition) is 0. The van der Waals surface area contributed by atoms with E-state index in [1.807, 2.05) is 49.5 Å². The van der Waals surface area contributed by atoms with Crippen LogP contribution in [0, 0.1) is 6.92 Å². The third-order valence-electron chi connectivity index (χ3n) is 3.02. The summed E-state index contributed by atoms with van der Waals surface area (Å²) in [5.41, 5.74) is 3.72. The molecule has 0 aliphatic carbocycles. The first-order valence-corrected chi connectivity index (χ1v) is 6.09. The number of hydrogen-bond acceptors (Lipinski definition) is 3. The molecule has 3 aromatic heterocycles. The van der Waals surface area contributed by atoms with Crippen LogP contribution < -0.4 is 0 Å². The van der Waals surface area contributed by atoms with E-state index in [9.17, 15) is 4.79 Å².